The van der Waals surface area contributed by atoms with Gasteiger partial charge < -0.3 is 19.4 Å². The summed E-state index contributed by atoms with van der Waals surface area (Å²) in [6, 6.07) is 15.6. The van der Waals surface area contributed by atoms with Gasteiger partial charge in [0.15, 0.2) is 11.5 Å². The van der Waals surface area contributed by atoms with Crippen LogP contribution >= 0.6 is 0 Å². The number of nitrogens with one attached hydrogen (secondary N) is 1. The first-order valence-electron chi connectivity index (χ1n) is 9.19. The molecule has 2 aromatic carbocycles. The molecule has 0 fully saturated rings. The first-order valence-corrected chi connectivity index (χ1v) is 9.19. The molecule has 0 bridgehead atoms. The number of ether oxygens (including phenoxy) is 2. The highest BCUT2D eigenvalue weighted by Gasteiger charge is 2.11. The molecule has 0 radical (unpaired) electrons. The van der Waals surface area contributed by atoms with Gasteiger partial charge in [0, 0.05) is 13.0 Å². The van der Waals surface area contributed by atoms with Crippen molar-refractivity contribution in [2.45, 2.75) is 32.9 Å². The van der Waals surface area contributed by atoms with Gasteiger partial charge in [0.05, 0.1) is 31.3 Å². The molecule has 0 aliphatic heterocycles. The van der Waals surface area contributed by atoms with Crippen molar-refractivity contribution < 1.29 is 14.3 Å². The summed E-state index contributed by atoms with van der Waals surface area (Å²) in [5.74, 6) is 2.35. The number of nitrogens with zero attached hydrogens (tertiary/aromatic N) is 2. The zero-order valence-corrected chi connectivity index (χ0v) is 15.8. The molecule has 0 saturated heterocycles. The van der Waals surface area contributed by atoms with Crippen LogP contribution in [0, 0.1) is 0 Å². The second kappa shape index (κ2) is 9.07. The van der Waals surface area contributed by atoms with E-state index < -0.39 is 0 Å². The molecule has 0 spiro atoms. The summed E-state index contributed by atoms with van der Waals surface area (Å²) >= 11 is 0. The molecule has 6 nitrogen and oxygen atoms in total. The third-order valence-corrected chi connectivity index (χ3v) is 4.35. The number of fused-ring (bicyclic) bond motifs is 1. The van der Waals surface area contributed by atoms with Crippen molar-refractivity contribution in [1.29, 1.82) is 0 Å². The standard InChI is InChI=1S/C21H25N3O3/c1-3-21(25)22-15-20-23-16-9-4-5-10-17(16)24(20)13-8-14-27-19-12-7-6-11-18(19)26-2/h4-7,9-12H,3,8,13-15H2,1-2H3,(H,22,25). The van der Waals surface area contributed by atoms with Gasteiger partial charge in [-0.1, -0.05) is 31.2 Å². The summed E-state index contributed by atoms with van der Waals surface area (Å²) in [6.07, 6.45) is 1.28. The number of hydrogen-bond donors (Lipinski definition) is 1. The summed E-state index contributed by atoms with van der Waals surface area (Å²) in [7, 11) is 1.64. The number of aryl methyl sites for hydroxylation is 1. The molecule has 142 valence electrons. The summed E-state index contributed by atoms with van der Waals surface area (Å²) in [5, 5.41) is 2.91. The van der Waals surface area contributed by atoms with Crippen LogP contribution in [0.15, 0.2) is 48.5 Å². The van der Waals surface area contributed by atoms with Crippen LogP contribution in [0.1, 0.15) is 25.6 Å². The number of amides is 1. The van der Waals surface area contributed by atoms with Gasteiger partial charge in [0.1, 0.15) is 5.82 Å². The molecule has 27 heavy (non-hydrogen) atoms. The van der Waals surface area contributed by atoms with Crippen molar-refractivity contribution in [1.82, 2.24) is 14.9 Å². The van der Waals surface area contributed by atoms with Gasteiger partial charge in [-0.05, 0) is 30.7 Å². The Kier molecular flexibility index (Phi) is 6.30. The highest BCUT2D eigenvalue weighted by atomic mass is 16.5. The number of carbonyl (C=O) groups is 1. The van der Waals surface area contributed by atoms with E-state index in [1.807, 2.05) is 49.4 Å². The van der Waals surface area contributed by atoms with Crippen LogP contribution < -0.4 is 14.8 Å². The molecule has 3 aromatic rings. The Bertz CT molecular complexity index is 905. The molecule has 0 aliphatic carbocycles. The fraction of sp³-hybridized carbons (Fsp3) is 0.333. The Morgan fingerprint density at radius 1 is 1.11 bits per heavy atom. The fourth-order valence-electron chi connectivity index (χ4n) is 2.96. The molecule has 1 aromatic heterocycles. The minimum Gasteiger partial charge on any atom is -0.493 e. The number of carbonyl (C=O) groups excluding carboxylic acids is 1. The van der Waals surface area contributed by atoms with E-state index in [-0.39, 0.29) is 5.91 Å². The lowest BCUT2D eigenvalue weighted by molar-refractivity contribution is -0.120. The van der Waals surface area contributed by atoms with E-state index in [0.717, 1.165) is 41.3 Å². The summed E-state index contributed by atoms with van der Waals surface area (Å²) in [4.78, 5) is 16.3. The Morgan fingerprint density at radius 2 is 1.85 bits per heavy atom. The van der Waals surface area contributed by atoms with Gasteiger partial charge in [-0.25, -0.2) is 4.98 Å². The van der Waals surface area contributed by atoms with Gasteiger partial charge in [-0.3, -0.25) is 4.79 Å². The van der Waals surface area contributed by atoms with Crippen molar-refractivity contribution in [3.05, 3.63) is 54.4 Å². The van der Waals surface area contributed by atoms with Crippen LogP contribution in [0.2, 0.25) is 0 Å². The number of para-hydroxylation sites is 4. The summed E-state index contributed by atoms with van der Waals surface area (Å²) in [5.41, 5.74) is 2.00. The molecule has 1 amide bonds. The van der Waals surface area contributed by atoms with Crippen LogP contribution in [-0.2, 0) is 17.9 Å². The Morgan fingerprint density at radius 3 is 2.63 bits per heavy atom. The quantitative estimate of drug-likeness (QED) is 0.588. The van der Waals surface area contributed by atoms with E-state index in [0.29, 0.717) is 19.6 Å². The molecule has 0 unspecified atom stereocenters. The first-order chi connectivity index (χ1) is 13.2. The number of imidazole rings is 1. The maximum Gasteiger partial charge on any atom is 0.220 e. The number of methoxy groups -OCH3 is 1. The minimum absolute atomic E-state index is 0.0214. The molecule has 1 heterocycles. The van der Waals surface area contributed by atoms with Crippen molar-refractivity contribution in [2.75, 3.05) is 13.7 Å². The summed E-state index contributed by atoms with van der Waals surface area (Å²) in [6.45, 7) is 3.59. The van der Waals surface area contributed by atoms with Gasteiger partial charge in [0.2, 0.25) is 5.91 Å². The van der Waals surface area contributed by atoms with Crippen molar-refractivity contribution >= 4 is 16.9 Å². The van der Waals surface area contributed by atoms with Crippen LogP contribution in [0.5, 0.6) is 11.5 Å². The maximum atomic E-state index is 11.6. The van der Waals surface area contributed by atoms with Crippen molar-refractivity contribution in [3.8, 4) is 11.5 Å². The molecule has 0 atom stereocenters. The Labute approximate surface area is 159 Å². The van der Waals surface area contributed by atoms with E-state index in [9.17, 15) is 4.79 Å². The SMILES string of the molecule is CCC(=O)NCc1nc2ccccc2n1CCCOc1ccccc1OC. The van der Waals surface area contributed by atoms with Gasteiger partial charge in [0.25, 0.3) is 0 Å². The van der Waals surface area contributed by atoms with Crippen molar-refractivity contribution in [3.63, 3.8) is 0 Å². The van der Waals surface area contributed by atoms with Crippen LogP contribution in [0.4, 0.5) is 0 Å². The second-order valence-corrected chi connectivity index (χ2v) is 6.15. The Balaban J connectivity index is 1.67. The highest BCUT2D eigenvalue weighted by molar-refractivity contribution is 5.77. The monoisotopic (exact) mass is 367 g/mol. The first kappa shape index (κ1) is 18.8. The third kappa shape index (κ3) is 4.58. The smallest absolute Gasteiger partial charge is 0.220 e. The van der Waals surface area contributed by atoms with Crippen LogP contribution in [-0.4, -0.2) is 29.2 Å². The lowest BCUT2D eigenvalue weighted by Gasteiger charge is -2.12. The molecule has 3 rings (SSSR count). The number of hydrogen-bond acceptors (Lipinski definition) is 4. The van der Waals surface area contributed by atoms with Gasteiger partial charge in [-0.15, -0.1) is 0 Å². The molecule has 6 heteroatoms. The van der Waals surface area contributed by atoms with Gasteiger partial charge in [-0.2, -0.15) is 0 Å². The van der Waals surface area contributed by atoms with E-state index in [2.05, 4.69) is 20.9 Å². The number of aromatic nitrogens is 2. The third-order valence-electron chi connectivity index (χ3n) is 4.35. The van der Waals surface area contributed by atoms with Crippen LogP contribution in [0.25, 0.3) is 11.0 Å². The summed E-state index contributed by atoms with van der Waals surface area (Å²) < 4.78 is 13.3. The molecular weight excluding hydrogens is 342 g/mol. The topological polar surface area (TPSA) is 65.4 Å². The van der Waals surface area contributed by atoms with Crippen molar-refractivity contribution in [2.24, 2.45) is 0 Å². The number of rotatable bonds is 9. The van der Waals surface area contributed by atoms with E-state index in [1.165, 1.54) is 0 Å². The predicted octanol–water partition coefficient (Wildman–Crippen LogP) is 3.54. The maximum absolute atomic E-state index is 11.6. The minimum atomic E-state index is 0.0214. The van der Waals surface area contributed by atoms with E-state index in [1.54, 1.807) is 7.11 Å². The van der Waals surface area contributed by atoms with E-state index in [4.69, 9.17) is 9.47 Å². The Hall–Kier alpha value is -3.02. The second-order valence-electron chi connectivity index (χ2n) is 6.15. The number of benzene rings is 2. The molecule has 0 saturated carbocycles. The lowest BCUT2D eigenvalue weighted by atomic mass is 10.3. The average molecular weight is 367 g/mol. The lowest BCUT2D eigenvalue weighted by Crippen LogP contribution is -2.23. The molecular formula is C21H25N3O3. The molecule has 0 aliphatic rings. The zero-order chi connectivity index (χ0) is 19.1. The van der Waals surface area contributed by atoms with Crippen LogP contribution in [0.3, 0.4) is 0 Å². The molecule has 1 N–H and O–H groups in total. The fourth-order valence-corrected chi connectivity index (χ4v) is 2.96. The predicted molar refractivity (Wildman–Crippen MR) is 105 cm³/mol. The average Bonchev–Trinajstić information content (AvgIpc) is 3.07. The largest absolute Gasteiger partial charge is 0.493 e. The highest BCUT2D eigenvalue weighted by Crippen LogP contribution is 2.26. The van der Waals surface area contributed by atoms with Gasteiger partial charge >= 0.3 is 0 Å². The normalized spacial score (nSPS) is 10.7. The van der Waals surface area contributed by atoms with E-state index >= 15 is 0 Å². The zero-order valence-electron chi connectivity index (χ0n) is 15.8.